The van der Waals surface area contributed by atoms with Crippen LogP contribution in [-0.4, -0.2) is 30.2 Å². The van der Waals surface area contributed by atoms with Crippen molar-refractivity contribution in [1.29, 1.82) is 0 Å². The number of aryl methyl sites for hydroxylation is 2. The zero-order valence-corrected chi connectivity index (χ0v) is 10.2. The number of carbonyl (C=O) groups excluding carboxylic acids is 1. The molecule has 0 spiro atoms. The summed E-state index contributed by atoms with van der Waals surface area (Å²) in [6.07, 6.45) is 5.07. The Morgan fingerprint density at radius 1 is 1.47 bits per heavy atom. The van der Waals surface area contributed by atoms with Gasteiger partial charge >= 0.3 is 0 Å². The molecular weight excluding hydrogens is 240 g/mol. The Morgan fingerprint density at radius 3 is 2.71 bits per heavy atom. The van der Waals surface area contributed by atoms with Gasteiger partial charge in [0.05, 0.1) is 12.1 Å². The van der Waals surface area contributed by atoms with Gasteiger partial charge < -0.3 is 0 Å². The van der Waals surface area contributed by atoms with Crippen LogP contribution in [0.1, 0.15) is 21.6 Å². The molecule has 0 N–H and O–H groups in total. The van der Waals surface area contributed by atoms with Crippen LogP contribution in [0.25, 0.3) is 0 Å². The molecule has 0 bridgehead atoms. The number of hydrogen-bond acceptors (Lipinski definition) is 4. The highest BCUT2D eigenvalue weighted by Gasteiger charge is 2.43. The van der Waals surface area contributed by atoms with E-state index in [4.69, 9.17) is 6.42 Å². The minimum absolute atomic E-state index is 0.130. The SMILES string of the molecule is C#CCN1C(=O)c2c(C)cc(C)nc2S1(=O)=O. The van der Waals surface area contributed by atoms with Gasteiger partial charge in [0.1, 0.15) is 0 Å². The van der Waals surface area contributed by atoms with Crippen LogP contribution in [0, 0.1) is 26.2 Å². The fraction of sp³-hybridized carbons (Fsp3) is 0.273. The van der Waals surface area contributed by atoms with E-state index in [2.05, 4.69) is 10.9 Å². The number of terminal acetylenes is 1. The Hall–Kier alpha value is -1.87. The summed E-state index contributed by atoms with van der Waals surface area (Å²) >= 11 is 0. The first-order valence-corrected chi connectivity index (χ1v) is 6.32. The molecule has 1 aliphatic rings. The van der Waals surface area contributed by atoms with Crippen LogP contribution in [0.2, 0.25) is 0 Å². The predicted octanol–water partition coefficient (Wildman–Crippen LogP) is 0.476. The zero-order chi connectivity index (χ0) is 12.8. The normalized spacial score (nSPS) is 16.8. The molecule has 0 saturated carbocycles. The molecule has 0 saturated heterocycles. The quantitative estimate of drug-likeness (QED) is 0.680. The number of fused-ring (bicyclic) bond motifs is 1. The molecule has 2 heterocycles. The van der Waals surface area contributed by atoms with Crippen molar-refractivity contribution >= 4 is 15.9 Å². The zero-order valence-electron chi connectivity index (χ0n) is 9.39. The number of hydrogen-bond donors (Lipinski definition) is 0. The summed E-state index contributed by atoms with van der Waals surface area (Å²) in [7, 11) is -3.87. The molecule has 2 rings (SSSR count). The second-order valence-electron chi connectivity index (χ2n) is 3.78. The molecule has 0 aliphatic carbocycles. The minimum atomic E-state index is -3.87. The molecule has 0 unspecified atom stereocenters. The summed E-state index contributed by atoms with van der Waals surface area (Å²) in [5, 5.41) is -0.185. The molecule has 5 nitrogen and oxygen atoms in total. The monoisotopic (exact) mass is 250 g/mol. The third-order valence-corrected chi connectivity index (χ3v) is 4.18. The van der Waals surface area contributed by atoms with Crippen LogP contribution in [0.5, 0.6) is 0 Å². The molecule has 1 amide bonds. The van der Waals surface area contributed by atoms with Crippen molar-refractivity contribution in [3.8, 4) is 12.3 Å². The van der Waals surface area contributed by atoms with E-state index in [1.165, 1.54) is 0 Å². The maximum atomic E-state index is 12.0. The molecule has 1 aromatic rings. The lowest BCUT2D eigenvalue weighted by atomic mass is 10.1. The highest BCUT2D eigenvalue weighted by molar-refractivity contribution is 7.90. The average Bonchev–Trinajstić information content (AvgIpc) is 2.40. The van der Waals surface area contributed by atoms with E-state index in [0.717, 1.165) is 0 Å². The van der Waals surface area contributed by atoms with E-state index < -0.39 is 15.9 Å². The van der Waals surface area contributed by atoms with E-state index >= 15 is 0 Å². The summed E-state index contributed by atoms with van der Waals surface area (Å²) in [6, 6.07) is 1.67. The maximum absolute atomic E-state index is 12.0. The molecule has 0 aromatic carbocycles. The lowest BCUT2D eigenvalue weighted by molar-refractivity contribution is 0.0881. The van der Waals surface area contributed by atoms with Crippen molar-refractivity contribution in [3.63, 3.8) is 0 Å². The Balaban J connectivity index is 2.76. The molecular formula is C11H10N2O3S. The summed E-state index contributed by atoms with van der Waals surface area (Å²) in [5.74, 6) is 1.57. The third-order valence-electron chi connectivity index (χ3n) is 2.52. The molecule has 0 fully saturated rings. The molecule has 88 valence electrons. The predicted molar refractivity (Wildman–Crippen MR) is 60.8 cm³/mol. The standard InChI is InChI=1S/C11H10N2O3S/c1-4-5-13-11(14)9-7(2)6-8(3)12-10(9)17(13,15)16/h1,6H,5H2,2-3H3. The van der Waals surface area contributed by atoms with Crippen LogP contribution in [-0.2, 0) is 10.0 Å². The van der Waals surface area contributed by atoms with Crippen molar-refractivity contribution in [1.82, 2.24) is 9.29 Å². The van der Waals surface area contributed by atoms with Crippen molar-refractivity contribution < 1.29 is 13.2 Å². The molecule has 1 aliphatic heterocycles. The Bertz CT molecular complexity index is 656. The minimum Gasteiger partial charge on any atom is -0.268 e. The highest BCUT2D eigenvalue weighted by atomic mass is 32.2. The van der Waals surface area contributed by atoms with Gasteiger partial charge in [-0.3, -0.25) is 4.79 Å². The Morgan fingerprint density at radius 2 is 2.12 bits per heavy atom. The smallest absolute Gasteiger partial charge is 0.268 e. The fourth-order valence-electron chi connectivity index (χ4n) is 1.83. The summed E-state index contributed by atoms with van der Waals surface area (Å²) in [4.78, 5) is 15.9. The number of carbonyl (C=O) groups is 1. The van der Waals surface area contributed by atoms with E-state index in [0.29, 0.717) is 15.6 Å². The van der Waals surface area contributed by atoms with E-state index in [9.17, 15) is 13.2 Å². The Labute approximate surface area is 99.5 Å². The molecule has 17 heavy (non-hydrogen) atoms. The van der Waals surface area contributed by atoms with Crippen molar-refractivity contribution in [2.75, 3.05) is 6.54 Å². The molecule has 0 radical (unpaired) electrons. The van der Waals surface area contributed by atoms with Gasteiger partial charge in [-0.15, -0.1) is 6.42 Å². The van der Waals surface area contributed by atoms with E-state index in [-0.39, 0.29) is 17.1 Å². The molecule has 0 atom stereocenters. The van der Waals surface area contributed by atoms with Gasteiger partial charge in [-0.25, -0.2) is 9.29 Å². The van der Waals surface area contributed by atoms with Crippen molar-refractivity contribution in [3.05, 3.63) is 22.9 Å². The second-order valence-corrected chi connectivity index (χ2v) is 5.56. The first-order valence-electron chi connectivity index (χ1n) is 4.88. The lowest BCUT2D eigenvalue weighted by Gasteiger charge is -2.09. The van der Waals surface area contributed by atoms with Crippen LogP contribution in [0.4, 0.5) is 0 Å². The summed E-state index contributed by atoms with van der Waals surface area (Å²) in [5.41, 5.74) is 1.28. The third kappa shape index (κ3) is 1.51. The van der Waals surface area contributed by atoms with Crippen LogP contribution in [0.3, 0.4) is 0 Å². The number of aromatic nitrogens is 1. The molecule has 6 heteroatoms. The maximum Gasteiger partial charge on any atom is 0.285 e. The number of amides is 1. The highest BCUT2D eigenvalue weighted by Crippen LogP contribution is 2.30. The van der Waals surface area contributed by atoms with Gasteiger partial charge in [0.2, 0.25) is 0 Å². The van der Waals surface area contributed by atoms with Gasteiger partial charge in [-0.05, 0) is 25.5 Å². The van der Waals surface area contributed by atoms with Crippen LogP contribution in [0.15, 0.2) is 11.1 Å². The van der Waals surface area contributed by atoms with Gasteiger partial charge in [-0.2, -0.15) is 8.42 Å². The number of rotatable bonds is 1. The number of pyridine rings is 1. The first kappa shape index (κ1) is 11.6. The lowest BCUT2D eigenvalue weighted by Crippen LogP contribution is -2.30. The van der Waals surface area contributed by atoms with Gasteiger partial charge in [0.25, 0.3) is 15.9 Å². The number of sulfonamides is 1. The number of nitrogens with zero attached hydrogens (tertiary/aromatic N) is 2. The van der Waals surface area contributed by atoms with Crippen molar-refractivity contribution in [2.24, 2.45) is 0 Å². The van der Waals surface area contributed by atoms with Crippen LogP contribution >= 0.6 is 0 Å². The van der Waals surface area contributed by atoms with E-state index in [1.54, 1.807) is 19.9 Å². The summed E-state index contributed by atoms with van der Waals surface area (Å²) in [6.45, 7) is 3.09. The fourth-order valence-corrected chi connectivity index (χ4v) is 3.36. The molecule has 1 aromatic heterocycles. The topological polar surface area (TPSA) is 67.3 Å². The second kappa shape index (κ2) is 3.57. The van der Waals surface area contributed by atoms with Gasteiger partial charge in [-0.1, -0.05) is 5.92 Å². The summed E-state index contributed by atoms with van der Waals surface area (Å²) < 4.78 is 24.7. The first-order chi connectivity index (χ1) is 7.89. The van der Waals surface area contributed by atoms with Crippen molar-refractivity contribution in [2.45, 2.75) is 18.9 Å². The Kier molecular flexibility index (Phi) is 2.44. The van der Waals surface area contributed by atoms with Crippen LogP contribution < -0.4 is 0 Å². The largest absolute Gasteiger partial charge is 0.285 e. The van der Waals surface area contributed by atoms with E-state index in [1.807, 2.05) is 0 Å². The van der Waals surface area contributed by atoms with Gasteiger partial charge in [0.15, 0.2) is 5.03 Å². The average molecular weight is 250 g/mol. The van der Waals surface area contributed by atoms with Gasteiger partial charge in [0, 0.05) is 5.69 Å².